The van der Waals surface area contributed by atoms with Gasteiger partial charge in [-0.05, 0) is 37.6 Å². The van der Waals surface area contributed by atoms with Gasteiger partial charge in [-0.2, -0.15) is 0 Å². The van der Waals surface area contributed by atoms with Gasteiger partial charge in [0.1, 0.15) is 0 Å². The van der Waals surface area contributed by atoms with Gasteiger partial charge < -0.3 is 10.6 Å². The molecule has 15 heavy (non-hydrogen) atoms. The van der Waals surface area contributed by atoms with Crippen molar-refractivity contribution in [2.45, 2.75) is 45.6 Å². The summed E-state index contributed by atoms with van der Waals surface area (Å²) in [6.07, 6.45) is 4.40. The van der Waals surface area contributed by atoms with Crippen molar-refractivity contribution in [2.75, 3.05) is 13.1 Å². The molecule has 0 aromatic carbocycles. The van der Waals surface area contributed by atoms with Gasteiger partial charge in [-0.3, -0.25) is 4.79 Å². The Morgan fingerprint density at radius 1 is 1.47 bits per heavy atom. The van der Waals surface area contributed by atoms with Crippen LogP contribution in [0.1, 0.15) is 39.5 Å². The maximum absolute atomic E-state index is 12.2. The number of nitrogens with zero attached hydrogens (tertiary/aromatic N) is 1. The van der Waals surface area contributed by atoms with Crippen LogP contribution in [0.2, 0.25) is 0 Å². The Morgan fingerprint density at radius 2 is 2.07 bits per heavy atom. The van der Waals surface area contributed by atoms with Crippen molar-refractivity contribution in [2.24, 2.45) is 17.1 Å². The van der Waals surface area contributed by atoms with Gasteiger partial charge in [-0.25, -0.2) is 0 Å². The van der Waals surface area contributed by atoms with Crippen LogP contribution in [0.4, 0.5) is 0 Å². The molecule has 0 heterocycles. The fraction of sp³-hybridized carbons (Fsp3) is 0.917. The molecule has 1 unspecified atom stereocenters. The van der Waals surface area contributed by atoms with E-state index in [1.807, 2.05) is 0 Å². The van der Waals surface area contributed by atoms with Gasteiger partial charge in [0, 0.05) is 18.5 Å². The molecule has 86 valence electrons. The molecular weight excluding hydrogens is 188 g/mol. The Morgan fingerprint density at radius 3 is 2.47 bits per heavy atom. The van der Waals surface area contributed by atoms with Crippen LogP contribution in [0.5, 0.6) is 0 Å². The second kappa shape index (κ2) is 3.78. The maximum Gasteiger partial charge on any atom is 0.226 e. The van der Waals surface area contributed by atoms with Crippen LogP contribution in [0, 0.1) is 11.3 Å². The third-order valence-electron chi connectivity index (χ3n) is 3.69. The number of hydrogen-bond acceptors (Lipinski definition) is 2. The van der Waals surface area contributed by atoms with Crippen molar-refractivity contribution in [1.29, 1.82) is 0 Å². The lowest BCUT2D eigenvalue weighted by atomic mass is 10.1. The highest BCUT2D eigenvalue weighted by molar-refractivity contribution is 5.83. The number of hydrogen-bond donors (Lipinski definition) is 1. The van der Waals surface area contributed by atoms with E-state index in [1.54, 1.807) is 0 Å². The molecule has 2 rings (SSSR count). The van der Waals surface area contributed by atoms with Crippen molar-refractivity contribution >= 4 is 5.91 Å². The van der Waals surface area contributed by atoms with Gasteiger partial charge in [0.25, 0.3) is 0 Å². The molecule has 2 saturated carbocycles. The Balaban J connectivity index is 1.90. The minimum atomic E-state index is 0.257. The number of nitrogens with two attached hydrogens (primary N) is 1. The molecule has 2 aliphatic rings. The molecule has 0 spiro atoms. The van der Waals surface area contributed by atoms with Crippen LogP contribution in [-0.2, 0) is 4.79 Å². The van der Waals surface area contributed by atoms with E-state index in [9.17, 15) is 4.79 Å². The molecule has 0 aliphatic heterocycles. The highest BCUT2D eigenvalue weighted by atomic mass is 16.2. The van der Waals surface area contributed by atoms with E-state index in [-0.39, 0.29) is 11.3 Å². The van der Waals surface area contributed by atoms with E-state index in [0.29, 0.717) is 18.5 Å². The molecule has 1 amide bonds. The first-order valence-corrected chi connectivity index (χ1v) is 6.07. The molecule has 2 N–H and O–H groups in total. The highest BCUT2D eigenvalue weighted by Crippen LogP contribution is 2.53. The first kappa shape index (κ1) is 10.9. The smallest absolute Gasteiger partial charge is 0.226 e. The van der Waals surface area contributed by atoms with E-state index in [4.69, 9.17) is 5.73 Å². The summed E-state index contributed by atoms with van der Waals surface area (Å²) in [6, 6.07) is 0.542. The lowest BCUT2D eigenvalue weighted by Gasteiger charge is -2.23. The quantitative estimate of drug-likeness (QED) is 0.745. The molecule has 2 fully saturated rings. The van der Waals surface area contributed by atoms with E-state index in [1.165, 1.54) is 12.8 Å². The summed E-state index contributed by atoms with van der Waals surface area (Å²) < 4.78 is 0. The fourth-order valence-electron chi connectivity index (χ4n) is 2.21. The van der Waals surface area contributed by atoms with Gasteiger partial charge in [0.05, 0.1) is 0 Å². The normalized spacial score (nSPS) is 27.5. The molecule has 0 aromatic rings. The van der Waals surface area contributed by atoms with E-state index < -0.39 is 0 Å². The first-order valence-electron chi connectivity index (χ1n) is 6.07. The van der Waals surface area contributed by atoms with Crippen molar-refractivity contribution < 1.29 is 4.79 Å². The lowest BCUT2D eigenvalue weighted by Crippen LogP contribution is -2.36. The predicted octanol–water partition coefficient (Wildman–Crippen LogP) is 1.37. The summed E-state index contributed by atoms with van der Waals surface area (Å²) >= 11 is 0. The van der Waals surface area contributed by atoms with Crippen molar-refractivity contribution in [3.05, 3.63) is 0 Å². The number of rotatable bonds is 5. The Kier molecular flexibility index (Phi) is 2.75. The van der Waals surface area contributed by atoms with Gasteiger partial charge in [0.15, 0.2) is 0 Å². The Hall–Kier alpha value is -0.570. The third-order valence-corrected chi connectivity index (χ3v) is 3.69. The summed E-state index contributed by atoms with van der Waals surface area (Å²) in [5.74, 6) is 0.673. The van der Waals surface area contributed by atoms with Crippen molar-refractivity contribution in [3.63, 3.8) is 0 Å². The highest BCUT2D eigenvalue weighted by Gasteiger charge is 2.53. The summed E-state index contributed by atoms with van der Waals surface area (Å²) in [4.78, 5) is 14.3. The molecule has 1 atom stereocenters. The van der Waals surface area contributed by atoms with Crippen molar-refractivity contribution in [3.8, 4) is 0 Å². The van der Waals surface area contributed by atoms with Crippen LogP contribution < -0.4 is 5.73 Å². The van der Waals surface area contributed by atoms with Crippen LogP contribution in [0.15, 0.2) is 0 Å². The lowest BCUT2D eigenvalue weighted by molar-refractivity contribution is -0.133. The largest absolute Gasteiger partial charge is 0.339 e. The van der Waals surface area contributed by atoms with Gasteiger partial charge in [-0.15, -0.1) is 0 Å². The van der Waals surface area contributed by atoms with Gasteiger partial charge in [0.2, 0.25) is 5.91 Å². The zero-order valence-electron chi connectivity index (χ0n) is 9.83. The number of amides is 1. The molecule has 0 saturated heterocycles. The molecule has 2 aliphatic carbocycles. The minimum Gasteiger partial charge on any atom is -0.339 e. The van der Waals surface area contributed by atoms with E-state index >= 15 is 0 Å². The van der Waals surface area contributed by atoms with Gasteiger partial charge >= 0.3 is 0 Å². The monoisotopic (exact) mass is 210 g/mol. The van der Waals surface area contributed by atoms with Crippen molar-refractivity contribution in [1.82, 2.24) is 4.90 Å². The van der Waals surface area contributed by atoms with Crippen LogP contribution in [0.25, 0.3) is 0 Å². The zero-order valence-corrected chi connectivity index (χ0v) is 9.83. The topological polar surface area (TPSA) is 46.3 Å². The maximum atomic E-state index is 12.2. The van der Waals surface area contributed by atoms with Crippen LogP contribution in [0.3, 0.4) is 0 Å². The zero-order chi connectivity index (χ0) is 11.1. The average molecular weight is 210 g/mol. The molecular formula is C12H22N2O. The molecule has 0 aromatic heterocycles. The van der Waals surface area contributed by atoms with Gasteiger partial charge in [-0.1, -0.05) is 13.8 Å². The van der Waals surface area contributed by atoms with E-state index in [0.717, 1.165) is 19.4 Å². The summed E-state index contributed by atoms with van der Waals surface area (Å²) in [5.41, 5.74) is 5.76. The standard InChI is InChI=1S/C12H22N2O/c1-12(2)8-10(12)11(15)14(7-3-6-13)9-4-5-9/h9-10H,3-8,13H2,1-2H3. The summed E-state index contributed by atoms with van der Waals surface area (Å²) in [7, 11) is 0. The van der Waals surface area contributed by atoms with Crippen LogP contribution >= 0.6 is 0 Å². The second-order valence-corrected chi connectivity index (χ2v) is 5.65. The van der Waals surface area contributed by atoms with Crippen LogP contribution in [-0.4, -0.2) is 29.9 Å². The molecule has 3 heteroatoms. The Bertz CT molecular complexity index is 258. The number of carbonyl (C=O) groups is 1. The second-order valence-electron chi connectivity index (χ2n) is 5.65. The molecule has 0 radical (unpaired) electrons. The van der Waals surface area contributed by atoms with E-state index in [2.05, 4.69) is 18.7 Å². The predicted molar refractivity (Wildman–Crippen MR) is 60.3 cm³/mol. The minimum absolute atomic E-state index is 0.257. The summed E-state index contributed by atoms with van der Waals surface area (Å²) in [6.45, 7) is 5.92. The third kappa shape index (κ3) is 2.33. The Labute approximate surface area is 92.0 Å². The number of carbonyl (C=O) groups excluding carboxylic acids is 1. The average Bonchev–Trinajstić information content (AvgIpc) is 3.04. The molecule has 3 nitrogen and oxygen atoms in total. The summed E-state index contributed by atoms with van der Waals surface area (Å²) in [5, 5.41) is 0. The SMILES string of the molecule is CC1(C)CC1C(=O)N(CCCN)C1CC1. The fourth-order valence-corrected chi connectivity index (χ4v) is 2.21. The first-order chi connectivity index (χ1) is 7.06. The molecule has 0 bridgehead atoms.